The van der Waals surface area contributed by atoms with Gasteiger partial charge in [-0.3, -0.25) is 4.72 Å². The Morgan fingerprint density at radius 3 is 2.90 bits per heavy atom. The fourth-order valence-corrected chi connectivity index (χ4v) is 3.75. The second kappa shape index (κ2) is 6.07. The van der Waals surface area contributed by atoms with Crippen molar-refractivity contribution in [3.8, 4) is 0 Å². The Hall–Kier alpha value is -1.18. The van der Waals surface area contributed by atoms with Gasteiger partial charge in [0.25, 0.3) is 0 Å². The SMILES string of the molecule is CC1CCCN(S(=O)(=O)Nc2ccc(F)c(CN)c2)C1. The Balaban J connectivity index is 2.15. The van der Waals surface area contributed by atoms with Crippen LogP contribution in [-0.2, 0) is 16.8 Å². The van der Waals surface area contributed by atoms with Gasteiger partial charge in [0.2, 0.25) is 0 Å². The number of nitrogens with two attached hydrogens (primary N) is 1. The van der Waals surface area contributed by atoms with Gasteiger partial charge in [0.15, 0.2) is 0 Å². The van der Waals surface area contributed by atoms with Crippen molar-refractivity contribution < 1.29 is 12.8 Å². The van der Waals surface area contributed by atoms with Crippen LogP contribution in [-0.4, -0.2) is 25.8 Å². The Morgan fingerprint density at radius 1 is 1.50 bits per heavy atom. The van der Waals surface area contributed by atoms with Crippen LogP contribution in [0.1, 0.15) is 25.3 Å². The first-order valence-electron chi connectivity index (χ1n) is 6.69. The van der Waals surface area contributed by atoms with Crippen LogP contribution in [0.25, 0.3) is 0 Å². The van der Waals surface area contributed by atoms with Gasteiger partial charge in [-0.2, -0.15) is 12.7 Å². The zero-order valence-electron chi connectivity index (χ0n) is 11.5. The van der Waals surface area contributed by atoms with Crippen LogP contribution < -0.4 is 10.5 Å². The van der Waals surface area contributed by atoms with E-state index in [9.17, 15) is 12.8 Å². The highest BCUT2D eigenvalue weighted by Crippen LogP contribution is 2.21. The first kappa shape index (κ1) is 15.2. The summed E-state index contributed by atoms with van der Waals surface area (Å²) in [7, 11) is -3.59. The molecule has 0 saturated carbocycles. The number of piperidine rings is 1. The van der Waals surface area contributed by atoms with Gasteiger partial charge in [-0.05, 0) is 37.0 Å². The van der Waals surface area contributed by atoms with Gasteiger partial charge in [-0.15, -0.1) is 0 Å². The van der Waals surface area contributed by atoms with E-state index in [1.165, 1.54) is 22.5 Å². The third kappa shape index (κ3) is 3.47. The highest BCUT2D eigenvalue weighted by molar-refractivity contribution is 7.90. The highest BCUT2D eigenvalue weighted by atomic mass is 32.2. The minimum absolute atomic E-state index is 0.0299. The van der Waals surface area contributed by atoms with Crippen molar-refractivity contribution in [2.75, 3.05) is 17.8 Å². The number of benzene rings is 1. The molecule has 0 radical (unpaired) electrons. The number of halogens is 1. The van der Waals surface area contributed by atoms with Gasteiger partial charge >= 0.3 is 10.2 Å². The maximum Gasteiger partial charge on any atom is 0.301 e. The second-order valence-corrected chi connectivity index (χ2v) is 6.89. The number of nitrogens with one attached hydrogen (secondary N) is 1. The zero-order chi connectivity index (χ0) is 14.8. The van der Waals surface area contributed by atoms with E-state index < -0.39 is 16.0 Å². The maximum absolute atomic E-state index is 13.3. The van der Waals surface area contributed by atoms with Crippen molar-refractivity contribution in [2.45, 2.75) is 26.3 Å². The molecule has 0 aliphatic carbocycles. The average molecular weight is 301 g/mol. The smallest absolute Gasteiger partial charge is 0.301 e. The van der Waals surface area contributed by atoms with Gasteiger partial charge < -0.3 is 5.73 Å². The molecule has 3 N–H and O–H groups in total. The molecule has 20 heavy (non-hydrogen) atoms. The van der Waals surface area contributed by atoms with Crippen molar-refractivity contribution >= 4 is 15.9 Å². The summed E-state index contributed by atoms with van der Waals surface area (Å²) >= 11 is 0. The molecule has 1 atom stereocenters. The van der Waals surface area contributed by atoms with Crippen LogP contribution >= 0.6 is 0 Å². The Kier molecular flexibility index (Phi) is 4.62. The standard InChI is InChI=1S/C13H20FN3O2S/c1-10-3-2-6-17(9-10)20(18,19)16-12-4-5-13(14)11(7-12)8-15/h4-5,7,10,16H,2-3,6,8-9,15H2,1H3. The van der Waals surface area contributed by atoms with Crippen LogP contribution in [0.3, 0.4) is 0 Å². The predicted molar refractivity (Wildman–Crippen MR) is 76.8 cm³/mol. The normalized spacial score (nSPS) is 20.9. The Bertz CT molecular complexity index is 577. The molecule has 1 saturated heterocycles. The molecular weight excluding hydrogens is 281 g/mol. The lowest BCUT2D eigenvalue weighted by molar-refractivity contribution is 0.282. The lowest BCUT2D eigenvalue weighted by Crippen LogP contribution is -2.42. The van der Waals surface area contributed by atoms with Crippen molar-refractivity contribution in [1.82, 2.24) is 4.31 Å². The summed E-state index contributed by atoms with van der Waals surface area (Å²) in [6.07, 6.45) is 1.90. The van der Waals surface area contributed by atoms with Crippen LogP contribution in [0.4, 0.5) is 10.1 Å². The minimum atomic E-state index is -3.59. The van der Waals surface area contributed by atoms with Gasteiger partial charge in [-0.25, -0.2) is 4.39 Å². The Morgan fingerprint density at radius 2 is 2.25 bits per heavy atom. The Labute approximate surface area is 119 Å². The van der Waals surface area contributed by atoms with Crippen molar-refractivity contribution in [2.24, 2.45) is 11.7 Å². The summed E-state index contributed by atoms with van der Waals surface area (Å²) in [6.45, 7) is 3.10. The molecule has 5 nitrogen and oxygen atoms in total. The van der Waals surface area contributed by atoms with E-state index in [1.54, 1.807) is 0 Å². The molecule has 1 aliphatic heterocycles. The number of rotatable bonds is 4. The predicted octanol–water partition coefficient (Wildman–Crippen LogP) is 1.67. The fourth-order valence-electron chi connectivity index (χ4n) is 2.37. The molecule has 0 aromatic heterocycles. The summed E-state index contributed by atoms with van der Waals surface area (Å²) in [6, 6.07) is 4.05. The zero-order valence-corrected chi connectivity index (χ0v) is 12.3. The average Bonchev–Trinajstić information content (AvgIpc) is 2.40. The largest absolute Gasteiger partial charge is 0.326 e. The number of anilines is 1. The fraction of sp³-hybridized carbons (Fsp3) is 0.538. The van der Waals surface area contributed by atoms with Gasteiger partial charge in [0, 0.05) is 25.2 Å². The summed E-state index contributed by atoms with van der Waals surface area (Å²) in [5.74, 6) is -0.0739. The van der Waals surface area contributed by atoms with Gasteiger partial charge in [-0.1, -0.05) is 6.92 Å². The van der Waals surface area contributed by atoms with Crippen LogP contribution in [0.15, 0.2) is 18.2 Å². The van der Waals surface area contributed by atoms with Gasteiger partial charge in [0.1, 0.15) is 5.82 Å². The second-order valence-electron chi connectivity index (χ2n) is 5.22. The van der Waals surface area contributed by atoms with E-state index >= 15 is 0 Å². The van der Waals surface area contributed by atoms with E-state index in [-0.39, 0.29) is 12.1 Å². The topological polar surface area (TPSA) is 75.4 Å². The van der Waals surface area contributed by atoms with Crippen LogP contribution in [0.2, 0.25) is 0 Å². The summed E-state index contributed by atoms with van der Waals surface area (Å²) < 4.78 is 41.8. The molecule has 1 fully saturated rings. The quantitative estimate of drug-likeness (QED) is 0.888. The third-order valence-electron chi connectivity index (χ3n) is 3.47. The number of nitrogens with zero attached hydrogens (tertiary/aromatic N) is 1. The first-order valence-corrected chi connectivity index (χ1v) is 8.13. The van der Waals surface area contributed by atoms with E-state index in [1.807, 2.05) is 6.92 Å². The van der Waals surface area contributed by atoms with Crippen molar-refractivity contribution in [3.63, 3.8) is 0 Å². The molecule has 7 heteroatoms. The molecule has 0 spiro atoms. The monoisotopic (exact) mass is 301 g/mol. The van der Waals surface area contributed by atoms with E-state index in [4.69, 9.17) is 5.73 Å². The molecule has 1 aromatic carbocycles. The third-order valence-corrected chi connectivity index (χ3v) is 4.98. The molecule has 0 amide bonds. The van der Waals surface area contributed by atoms with Crippen LogP contribution in [0.5, 0.6) is 0 Å². The minimum Gasteiger partial charge on any atom is -0.326 e. The maximum atomic E-state index is 13.3. The van der Waals surface area contributed by atoms with E-state index in [0.717, 1.165) is 12.8 Å². The van der Waals surface area contributed by atoms with Crippen molar-refractivity contribution in [1.29, 1.82) is 0 Å². The molecule has 1 unspecified atom stereocenters. The summed E-state index contributed by atoms with van der Waals surface area (Å²) in [4.78, 5) is 0. The molecule has 1 aliphatic rings. The lowest BCUT2D eigenvalue weighted by Gasteiger charge is -2.30. The molecule has 112 valence electrons. The molecule has 1 heterocycles. The highest BCUT2D eigenvalue weighted by Gasteiger charge is 2.27. The molecular formula is C13H20FN3O2S. The lowest BCUT2D eigenvalue weighted by atomic mass is 10.0. The molecule has 0 bridgehead atoms. The van der Waals surface area contributed by atoms with Crippen LogP contribution in [0, 0.1) is 11.7 Å². The number of hydrogen-bond donors (Lipinski definition) is 2. The molecule has 1 aromatic rings. The number of hydrogen-bond acceptors (Lipinski definition) is 3. The first-order chi connectivity index (χ1) is 9.42. The van der Waals surface area contributed by atoms with E-state index in [2.05, 4.69) is 4.72 Å². The summed E-state index contributed by atoms with van der Waals surface area (Å²) in [5.41, 5.74) is 6.04. The summed E-state index contributed by atoms with van der Waals surface area (Å²) in [5, 5.41) is 0. The molecule has 2 rings (SSSR count). The van der Waals surface area contributed by atoms with E-state index in [0.29, 0.717) is 24.7 Å². The van der Waals surface area contributed by atoms with Crippen molar-refractivity contribution in [3.05, 3.63) is 29.6 Å². The van der Waals surface area contributed by atoms with Gasteiger partial charge in [0.05, 0.1) is 5.69 Å².